The van der Waals surface area contributed by atoms with Crippen molar-refractivity contribution in [2.24, 2.45) is 0 Å². The first-order valence-corrected chi connectivity index (χ1v) is 31.2. The Hall–Kier alpha value is -5.23. The van der Waals surface area contributed by atoms with E-state index in [0.29, 0.717) is 80.3 Å². The van der Waals surface area contributed by atoms with Crippen molar-refractivity contribution in [1.29, 1.82) is 0 Å². The van der Waals surface area contributed by atoms with Gasteiger partial charge in [-0.3, -0.25) is 0 Å². The van der Waals surface area contributed by atoms with Gasteiger partial charge in [-0.1, -0.05) is 30.1 Å². The molecule has 2 aliphatic carbocycles. The molecule has 28 heteroatoms. The molecule has 4 aromatic rings. The van der Waals surface area contributed by atoms with Crippen molar-refractivity contribution in [1.82, 2.24) is 40.5 Å². The number of unbranched alkanes of at least 4 members (excludes halogenated alkanes) is 1. The fourth-order valence-electron chi connectivity index (χ4n) is 9.07. The number of hydrogen-bond donors (Lipinski definition) is 6. The maximum atomic E-state index is 13.0. The number of nitrogens with one attached hydrogen (secondary N) is 6. The number of halogens is 5. The number of likely N-dealkylation sites (N-methyl/N-ethyl adjacent to an activating group) is 2. The number of fused-ring (bicyclic) bond motifs is 2. The minimum atomic E-state index is -4.87. The van der Waals surface area contributed by atoms with Crippen molar-refractivity contribution in [3.63, 3.8) is 0 Å². The monoisotopic (exact) mass is 1260 g/mol. The highest BCUT2D eigenvalue weighted by Gasteiger charge is 2.41. The SMILES string of the molecule is CCCOCCOCCNS(=O)(=O)c1ccc(O[C@H]2c3cc(Cl)cc(OC(F)(F)F)c3C[C@@H]2N(C)C)cc1.CNC(=O)NCCCCNC(=O)NCCOCCOCCNS(=O)(=O)c1ccc(O[C@H]2c3cc(Cl)cc(C)c3C[C@@H]2N(C)C)cc1. The average Bonchev–Trinajstić information content (AvgIpc) is 2.49. The lowest BCUT2D eigenvalue weighted by Gasteiger charge is -2.27. The zero-order valence-corrected chi connectivity index (χ0v) is 51.5. The molecule has 84 heavy (non-hydrogen) atoms. The molecule has 4 atom stereocenters. The van der Waals surface area contributed by atoms with Crippen LogP contribution in [0.25, 0.3) is 0 Å². The topological polar surface area (TPSA) is 246 Å². The number of hydrogen-bond acceptors (Lipinski definition) is 15. The third-order valence-corrected chi connectivity index (χ3v) is 16.7. The van der Waals surface area contributed by atoms with Gasteiger partial charge in [0.2, 0.25) is 20.0 Å². The van der Waals surface area contributed by atoms with E-state index < -0.39 is 32.5 Å². The van der Waals surface area contributed by atoms with Crippen molar-refractivity contribution in [2.45, 2.75) is 86.4 Å². The first-order chi connectivity index (χ1) is 39.9. The Morgan fingerprint density at radius 1 is 0.583 bits per heavy atom. The quantitative estimate of drug-likeness (QED) is 0.0260. The maximum Gasteiger partial charge on any atom is 0.573 e. The molecule has 0 radical (unpaired) electrons. The van der Waals surface area contributed by atoms with E-state index in [-0.39, 0.29) is 90.1 Å². The van der Waals surface area contributed by atoms with Crippen LogP contribution in [0.5, 0.6) is 17.2 Å². The zero-order chi connectivity index (χ0) is 61.5. The van der Waals surface area contributed by atoms with Gasteiger partial charge >= 0.3 is 18.4 Å². The summed E-state index contributed by atoms with van der Waals surface area (Å²) in [5.74, 6) is 0.564. The molecule has 0 heterocycles. The van der Waals surface area contributed by atoms with E-state index in [1.54, 1.807) is 39.3 Å². The molecule has 6 rings (SSSR count). The van der Waals surface area contributed by atoms with Gasteiger partial charge in [0.1, 0.15) is 29.5 Å². The molecule has 0 spiro atoms. The van der Waals surface area contributed by atoms with E-state index in [2.05, 4.69) is 47.3 Å². The molecular weight excluding hydrogens is 1180 g/mol. The lowest BCUT2D eigenvalue weighted by atomic mass is 10.0. The highest BCUT2D eigenvalue weighted by molar-refractivity contribution is 7.89. The smallest absolute Gasteiger partial charge is 0.484 e. The van der Waals surface area contributed by atoms with Gasteiger partial charge in [-0.05, 0) is 157 Å². The minimum absolute atomic E-state index is 0.0380. The molecule has 0 aliphatic heterocycles. The van der Waals surface area contributed by atoms with Crippen molar-refractivity contribution in [3.05, 3.63) is 111 Å². The van der Waals surface area contributed by atoms with Crippen LogP contribution < -0.4 is 44.9 Å². The second-order valence-electron chi connectivity index (χ2n) is 19.9. The summed E-state index contributed by atoms with van der Waals surface area (Å²) in [7, 11) is 1.68. The number of nitrogens with zero attached hydrogens (tertiary/aromatic N) is 2. The Balaban J connectivity index is 0.000000313. The van der Waals surface area contributed by atoms with Crippen LogP contribution in [0.1, 0.15) is 66.2 Å². The first-order valence-electron chi connectivity index (χ1n) is 27.4. The molecule has 0 saturated heterocycles. The van der Waals surface area contributed by atoms with Gasteiger partial charge in [-0.2, -0.15) is 0 Å². The second-order valence-corrected chi connectivity index (χ2v) is 24.3. The molecule has 21 nitrogen and oxygen atoms in total. The molecular formula is C56H79Cl2F3N8O13S2. The van der Waals surface area contributed by atoms with Crippen LogP contribution in [0.15, 0.2) is 82.6 Å². The summed E-state index contributed by atoms with van der Waals surface area (Å²) < 4.78 is 133. The first kappa shape index (κ1) is 69.5. The average molecular weight is 1260 g/mol. The number of urea groups is 2. The number of amides is 4. The van der Waals surface area contributed by atoms with E-state index in [0.717, 1.165) is 42.9 Å². The molecule has 2 aliphatic rings. The number of carbonyl (C=O) groups is 2. The summed E-state index contributed by atoms with van der Waals surface area (Å²) in [5.41, 5.74) is 4.27. The predicted octanol–water partition coefficient (Wildman–Crippen LogP) is 7.14. The van der Waals surface area contributed by atoms with Gasteiger partial charge in [-0.25, -0.2) is 35.9 Å². The molecule has 4 aromatic carbocycles. The van der Waals surface area contributed by atoms with Gasteiger partial charge < -0.3 is 64.2 Å². The summed E-state index contributed by atoms with van der Waals surface area (Å²) in [4.78, 5) is 26.9. The van der Waals surface area contributed by atoms with Gasteiger partial charge in [0, 0.05) is 67.6 Å². The summed E-state index contributed by atoms with van der Waals surface area (Å²) in [6, 6.07) is 18.1. The lowest BCUT2D eigenvalue weighted by Crippen LogP contribution is -2.38. The zero-order valence-electron chi connectivity index (χ0n) is 48.4. The van der Waals surface area contributed by atoms with Gasteiger partial charge in [0.25, 0.3) is 0 Å². The van der Waals surface area contributed by atoms with Crippen LogP contribution in [0, 0.1) is 6.92 Å². The van der Waals surface area contributed by atoms with Gasteiger partial charge in [0.05, 0.1) is 68.1 Å². The van der Waals surface area contributed by atoms with Gasteiger partial charge in [0.15, 0.2) is 0 Å². The number of rotatable bonds is 33. The molecule has 4 amide bonds. The number of ether oxygens (including phenoxy) is 7. The number of alkyl halides is 3. The van der Waals surface area contributed by atoms with Crippen molar-refractivity contribution >= 4 is 55.3 Å². The summed E-state index contributed by atoms with van der Waals surface area (Å²) >= 11 is 12.5. The predicted molar refractivity (Wildman–Crippen MR) is 313 cm³/mol. The summed E-state index contributed by atoms with van der Waals surface area (Å²) in [6.07, 6.45) is -2.24. The number of benzene rings is 4. The maximum absolute atomic E-state index is 13.0. The fraction of sp³-hybridized carbons (Fsp3) is 0.536. The van der Waals surface area contributed by atoms with Crippen molar-refractivity contribution in [3.8, 4) is 17.2 Å². The number of carbonyl (C=O) groups excluding carboxylic acids is 2. The summed E-state index contributed by atoms with van der Waals surface area (Å²) in [6.45, 7) is 8.41. The fourth-order valence-corrected chi connectivity index (χ4v) is 11.6. The van der Waals surface area contributed by atoms with Crippen LogP contribution >= 0.6 is 23.2 Å². The standard InChI is InChI=1S/C31H47ClN6O7S.C25H32ClF3N2O6S/c1-22-19-23(32)20-27-26(22)21-28(38(3)4)29(27)45-24-7-9-25(10-8-24)46(41,42)37-14-16-44-18-17-43-15-13-36-31(40)35-12-6-5-11-34-30(39)33-2;1-4-10-34-12-13-35-11-9-30-38(32,33)19-7-5-18(6-8-19)36-24-21-14-17(26)15-23(37-25(27,28)29)20(21)16-22(24)31(2)3/h7-10,19-20,28-29,37H,5-6,11-18,21H2,1-4H3,(H2,33,34,39)(H2,35,36,40);5-8,14-15,22,24,30H,4,9-13,16H2,1-3H3/t28-,29-;22-,24-/m00/s1. The van der Waals surface area contributed by atoms with E-state index in [9.17, 15) is 39.6 Å². The van der Waals surface area contributed by atoms with E-state index in [4.69, 9.17) is 51.6 Å². The number of aryl methyl sites for hydroxylation is 1. The van der Waals surface area contributed by atoms with E-state index in [1.165, 1.54) is 42.0 Å². The minimum Gasteiger partial charge on any atom is -0.484 e. The van der Waals surface area contributed by atoms with Crippen LogP contribution in [0.4, 0.5) is 22.8 Å². The Labute approximate surface area is 501 Å². The molecule has 0 unspecified atom stereocenters. The van der Waals surface area contributed by atoms with Crippen molar-refractivity contribution < 1.29 is 72.8 Å². The Morgan fingerprint density at radius 2 is 1.00 bits per heavy atom. The third-order valence-electron chi connectivity index (χ3n) is 13.3. The van der Waals surface area contributed by atoms with E-state index in [1.807, 2.05) is 38.1 Å². The largest absolute Gasteiger partial charge is 0.573 e. The normalized spacial score (nSPS) is 16.6. The van der Waals surface area contributed by atoms with Crippen LogP contribution in [-0.4, -0.2) is 178 Å². The lowest BCUT2D eigenvalue weighted by molar-refractivity contribution is -0.274. The van der Waals surface area contributed by atoms with Crippen LogP contribution in [0.2, 0.25) is 10.0 Å². The van der Waals surface area contributed by atoms with Crippen molar-refractivity contribution in [2.75, 3.05) is 121 Å². The molecule has 0 bridgehead atoms. The highest BCUT2D eigenvalue weighted by Crippen LogP contribution is 2.45. The van der Waals surface area contributed by atoms with Crippen LogP contribution in [0.3, 0.4) is 0 Å². The van der Waals surface area contributed by atoms with Gasteiger partial charge in [-0.15, -0.1) is 13.2 Å². The Bertz CT molecular complexity index is 2940. The molecule has 468 valence electrons. The molecule has 0 saturated carbocycles. The third kappa shape index (κ3) is 22.6. The van der Waals surface area contributed by atoms with E-state index >= 15 is 0 Å². The Morgan fingerprint density at radius 3 is 1.45 bits per heavy atom. The molecule has 0 fully saturated rings. The number of sulfonamides is 2. The second kappa shape index (κ2) is 34.2. The van der Waals surface area contributed by atoms with Crippen LogP contribution in [-0.2, 0) is 51.8 Å². The Kier molecular flexibility index (Phi) is 28.3. The molecule has 6 N–H and O–H groups in total. The molecule has 0 aromatic heterocycles. The highest BCUT2D eigenvalue weighted by atomic mass is 35.5. The summed E-state index contributed by atoms with van der Waals surface area (Å²) in [5, 5.41) is 11.3.